The summed E-state index contributed by atoms with van der Waals surface area (Å²) in [4.78, 5) is 11.1. The normalized spacial score (nSPS) is 20.6. The first-order valence-electron chi connectivity index (χ1n) is 6.31. The van der Waals surface area contributed by atoms with Gasteiger partial charge in [0.15, 0.2) is 0 Å². The zero-order valence-electron chi connectivity index (χ0n) is 11.1. The van der Waals surface area contributed by atoms with Crippen LogP contribution in [0, 0.1) is 0 Å². The lowest BCUT2D eigenvalue weighted by atomic mass is 10.1. The number of carbonyl (C=O) groups excluding carboxylic acids is 1. The number of methoxy groups -OCH3 is 1. The van der Waals surface area contributed by atoms with Crippen LogP contribution in [0.2, 0.25) is 5.02 Å². The number of piperidine rings is 1. The van der Waals surface area contributed by atoms with Crippen molar-refractivity contribution in [2.24, 2.45) is 0 Å². The van der Waals surface area contributed by atoms with Crippen molar-refractivity contribution >= 4 is 27.9 Å². The van der Waals surface area contributed by atoms with Crippen LogP contribution in [0.1, 0.15) is 19.3 Å². The van der Waals surface area contributed by atoms with E-state index >= 15 is 0 Å². The lowest BCUT2D eigenvalue weighted by Crippen LogP contribution is -2.44. The van der Waals surface area contributed by atoms with Gasteiger partial charge in [-0.2, -0.15) is 4.31 Å². The summed E-state index contributed by atoms with van der Waals surface area (Å²) in [5.41, 5.74) is 0. The van der Waals surface area contributed by atoms with Gasteiger partial charge in [-0.25, -0.2) is 8.42 Å². The van der Waals surface area contributed by atoms with Gasteiger partial charge in [-0.1, -0.05) is 18.0 Å². The number of halogens is 1. The highest BCUT2D eigenvalue weighted by molar-refractivity contribution is 7.89. The molecule has 110 valence electrons. The van der Waals surface area contributed by atoms with Crippen molar-refractivity contribution < 1.29 is 17.9 Å². The van der Waals surface area contributed by atoms with E-state index in [0.29, 0.717) is 24.3 Å². The molecule has 1 aromatic carbocycles. The van der Waals surface area contributed by atoms with Crippen molar-refractivity contribution in [1.82, 2.24) is 4.31 Å². The molecule has 2 rings (SSSR count). The molecule has 0 amide bonds. The van der Waals surface area contributed by atoms with E-state index in [2.05, 4.69) is 0 Å². The van der Waals surface area contributed by atoms with Gasteiger partial charge in [0.2, 0.25) is 10.0 Å². The number of ether oxygens (including phenoxy) is 1. The molecule has 1 unspecified atom stereocenters. The number of carbonyl (C=O) groups is 1. The number of sulfonamides is 1. The highest BCUT2D eigenvalue weighted by Gasteiger charge is 2.35. The number of benzene rings is 1. The summed E-state index contributed by atoms with van der Waals surface area (Å²) >= 11 is 5.84. The second-order valence-electron chi connectivity index (χ2n) is 4.61. The predicted octanol–water partition coefficient (Wildman–Crippen LogP) is 2.09. The fourth-order valence-corrected chi connectivity index (χ4v) is 4.28. The van der Waals surface area contributed by atoms with E-state index < -0.39 is 16.1 Å². The molecule has 0 aliphatic carbocycles. The molecule has 5 nitrogen and oxygen atoms in total. The molecule has 1 atom stereocenters. The SMILES string of the molecule is COc1cc(Cl)ccc1S(=O)(=O)N1CCCCC1C=O. The Balaban J connectivity index is 2.46. The highest BCUT2D eigenvalue weighted by atomic mass is 35.5. The van der Waals surface area contributed by atoms with E-state index in [4.69, 9.17) is 16.3 Å². The Labute approximate surface area is 123 Å². The van der Waals surface area contributed by atoms with Crippen molar-refractivity contribution in [3.05, 3.63) is 23.2 Å². The minimum absolute atomic E-state index is 0.0400. The Kier molecular flexibility index (Phi) is 4.67. The summed E-state index contributed by atoms with van der Waals surface area (Å²) < 4.78 is 31.7. The van der Waals surface area contributed by atoms with Gasteiger partial charge in [0.05, 0.1) is 13.2 Å². The predicted molar refractivity (Wildman–Crippen MR) is 75.6 cm³/mol. The van der Waals surface area contributed by atoms with Crippen LogP contribution in [0.25, 0.3) is 0 Å². The molecule has 1 fully saturated rings. The number of hydrogen-bond donors (Lipinski definition) is 0. The lowest BCUT2D eigenvalue weighted by molar-refractivity contribution is -0.111. The van der Waals surface area contributed by atoms with Gasteiger partial charge in [0.25, 0.3) is 0 Å². The Morgan fingerprint density at radius 1 is 1.40 bits per heavy atom. The topological polar surface area (TPSA) is 63.7 Å². The zero-order chi connectivity index (χ0) is 14.8. The van der Waals surface area contributed by atoms with Crippen LogP contribution in [-0.2, 0) is 14.8 Å². The Morgan fingerprint density at radius 2 is 2.15 bits per heavy atom. The number of hydrogen-bond acceptors (Lipinski definition) is 4. The third kappa shape index (κ3) is 2.82. The Morgan fingerprint density at radius 3 is 2.80 bits per heavy atom. The average Bonchev–Trinajstić information content (AvgIpc) is 2.46. The molecule has 20 heavy (non-hydrogen) atoms. The van der Waals surface area contributed by atoms with Crippen molar-refractivity contribution in [3.8, 4) is 5.75 Å². The minimum Gasteiger partial charge on any atom is -0.495 e. The molecule has 0 aromatic heterocycles. The molecule has 0 saturated carbocycles. The fraction of sp³-hybridized carbons (Fsp3) is 0.462. The number of nitrogens with zero attached hydrogens (tertiary/aromatic N) is 1. The van der Waals surface area contributed by atoms with Crippen LogP contribution < -0.4 is 4.74 Å². The van der Waals surface area contributed by atoms with Gasteiger partial charge in [0, 0.05) is 17.6 Å². The highest BCUT2D eigenvalue weighted by Crippen LogP contribution is 2.32. The minimum atomic E-state index is -3.76. The molecule has 7 heteroatoms. The van der Waals surface area contributed by atoms with Gasteiger partial charge < -0.3 is 9.53 Å². The number of rotatable bonds is 4. The molecule has 1 heterocycles. The number of aldehydes is 1. The van der Waals surface area contributed by atoms with Crippen LogP contribution in [0.15, 0.2) is 23.1 Å². The van der Waals surface area contributed by atoms with Gasteiger partial charge in [0.1, 0.15) is 16.9 Å². The van der Waals surface area contributed by atoms with E-state index in [0.717, 1.165) is 12.8 Å². The first-order chi connectivity index (χ1) is 9.50. The molecule has 1 aliphatic heterocycles. The summed E-state index contributed by atoms with van der Waals surface area (Å²) in [6.45, 7) is 0.345. The monoisotopic (exact) mass is 317 g/mol. The molecular formula is C13H16ClNO4S. The standard InChI is InChI=1S/C13H16ClNO4S/c1-19-12-8-10(14)5-6-13(12)20(17,18)15-7-3-2-4-11(15)9-16/h5-6,8-9,11H,2-4,7H2,1H3. The summed E-state index contributed by atoms with van der Waals surface area (Å²) in [6, 6.07) is 3.76. The maximum Gasteiger partial charge on any atom is 0.247 e. The van der Waals surface area contributed by atoms with Crippen LogP contribution in [0.5, 0.6) is 5.75 Å². The van der Waals surface area contributed by atoms with E-state index in [1.807, 2.05) is 0 Å². The van der Waals surface area contributed by atoms with Crippen molar-refractivity contribution in [2.45, 2.75) is 30.2 Å². The molecule has 1 saturated heterocycles. The first kappa shape index (κ1) is 15.3. The van der Waals surface area contributed by atoms with E-state index in [1.54, 1.807) is 0 Å². The molecule has 0 radical (unpaired) electrons. The molecule has 1 aromatic rings. The van der Waals surface area contributed by atoms with E-state index in [9.17, 15) is 13.2 Å². The molecule has 0 bridgehead atoms. The van der Waals surface area contributed by atoms with Crippen LogP contribution in [0.3, 0.4) is 0 Å². The molecule has 1 aliphatic rings. The van der Waals surface area contributed by atoms with Gasteiger partial charge in [-0.15, -0.1) is 0 Å². The second-order valence-corrected chi connectivity index (χ2v) is 6.91. The second kappa shape index (κ2) is 6.11. The lowest BCUT2D eigenvalue weighted by Gasteiger charge is -2.31. The van der Waals surface area contributed by atoms with Crippen LogP contribution >= 0.6 is 11.6 Å². The van der Waals surface area contributed by atoms with Crippen LogP contribution in [-0.4, -0.2) is 38.7 Å². The molecule has 0 N–H and O–H groups in total. The Hall–Kier alpha value is -1.11. The third-order valence-electron chi connectivity index (χ3n) is 3.37. The quantitative estimate of drug-likeness (QED) is 0.798. The molecule has 0 spiro atoms. The third-order valence-corrected chi connectivity index (χ3v) is 5.57. The zero-order valence-corrected chi connectivity index (χ0v) is 12.7. The largest absolute Gasteiger partial charge is 0.495 e. The smallest absolute Gasteiger partial charge is 0.247 e. The van der Waals surface area contributed by atoms with E-state index in [1.165, 1.54) is 29.6 Å². The van der Waals surface area contributed by atoms with Crippen LogP contribution in [0.4, 0.5) is 0 Å². The maximum absolute atomic E-state index is 12.7. The average molecular weight is 318 g/mol. The van der Waals surface area contributed by atoms with Gasteiger partial charge in [-0.3, -0.25) is 0 Å². The van der Waals surface area contributed by atoms with Gasteiger partial charge >= 0.3 is 0 Å². The summed E-state index contributed by atoms with van der Waals surface area (Å²) in [5, 5.41) is 0.395. The summed E-state index contributed by atoms with van der Waals surface area (Å²) in [5.74, 6) is 0.188. The maximum atomic E-state index is 12.7. The van der Waals surface area contributed by atoms with Crippen molar-refractivity contribution in [3.63, 3.8) is 0 Å². The van der Waals surface area contributed by atoms with E-state index in [-0.39, 0.29) is 10.6 Å². The van der Waals surface area contributed by atoms with Crippen molar-refractivity contribution in [2.75, 3.05) is 13.7 Å². The molecular weight excluding hydrogens is 302 g/mol. The first-order valence-corrected chi connectivity index (χ1v) is 8.13. The Bertz CT molecular complexity index is 602. The summed E-state index contributed by atoms with van der Waals surface area (Å²) in [6.07, 6.45) is 2.85. The van der Waals surface area contributed by atoms with Gasteiger partial charge in [-0.05, 0) is 25.0 Å². The summed E-state index contributed by atoms with van der Waals surface area (Å²) in [7, 11) is -2.38. The van der Waals surface area contributed by atoms with Crippen molar-refractivity contribution in [1.29, 1.82) is 0 Å². The fourth-order valence-electron chi connectivity index (χ4n) is 2.35.